The highest BCUT2D eigenvalue weighted by Gasteiger charge is 2.14. The van der Waals surface area contributed by atoms with Crippen molar-refractivity contribution in [3.63, 3.8) is 0 Å². The zero-order valence-corrected chi connectivity index (χ0v) is 15.9. The molecule has 0 aliphatic rings. The van der Waals surface area contributed by atoms with Crippen LogP contribution in [0, 0.1) is 6.92 Å². The van der Waals surface area contributed by atoms with Crippen molar-refractivity contribution in [1.82, 2.24) is 16.2 Å². The Morgan fingerprint density at radius 1 is 0.926 bits per heavy atom. The second kappa shape index (κ2) is 10.2. The van der Waals surface area contributed by atoms with Gasteiger partial charge in [-0.2, -0.15) is 0 Å². The number of hydrazine groups is 1. The number of methoxy groups -OCH3 is 1. The molecule has 27 heavy (non-hydrogen) atoms. The minimum absolute atomic E-state index is 0.0337. The minimum Gasteiger partial charge on any atom is -0.490 e. The van der Waals surface area contributed by atoms with Crippen LogP contribution in [0.4, 0.5) is 0 Å². The average Bonchev–Trinajstić information content (AvgIpc) is 2.67. The van der Waals surface area contributed by atoms with Crippen molar-refractivity contribution in [2.75, 3.05) is 20.3 Å². The highest BCUT2D eigenvalue weighted by atomic mass is 32.1. The number of carbonyl (C=O) groups excluding carboxylic acids is 2. The van der Waals surface area contributed by atoms with Crippen LogP contribution in [-0.4, -0.2) is 37.3 Å². The number of thiocarbonyl (C=S) groups is 1. The van der Waals surface area contributed by atoms with Crippen LogP contribution in [0.15, 0.2) is 48.5 Å². The van der Waals surface area contributed by atoms with Gasteiger partial charge in [-0.1, -0.05) is 30.3 Å². The smallest absolute Gasteiger partial charge is 0.269 e. The largest absolute Gasteiger partial charge is 0.490 e. The Bertz CT molecular complexity index is 826. The summed E-state index contributed by atoms with van der Waals surface area (Å²) in [5.41, 5.74) is 6.64. The van der Waals surface area contributed by atoms with Crippen molar-refractivity contribution in [3.05, 3.63) is 65.2 Å². The molecule has 3 N–H and O–H groups in total. The Labute approximate surface area is 163 Å². The van der Waals surface area contributed by atoms with Crippen LogP contribution in [0.1, 0.15) is 26.3 Å². The van der Waals surface area contributed by atoms with Crippen LogP contribution in [0.5, 0.6) is 5.75 Å². The van der Waals surface area contributed by atoms with E-state index in [0.717, 1.165) is 5.56 Å². The molecule has 2 rings (SSSR count). The summed E-state index contributed by atoms with van der Waals surface area (Å²) in [7, 11) is 1.57. The van der Waals surface area contributed by atoms with Crippen molar-refractivity contribution in [2.45, 2.75) is 6.92 Å². The first-order valence-electron chi connectivity index (χ1n) is 8.21. The highest BCUT2D eigenvalue weighted by Crippen LogP contribution is 2.17. The molecule has 0 bridgehead atoms. The number of nitrogens with one attached hydrogen (secondary N) is 3. The maximum atomic E-state index is 12.4. The maximum Gasteiger partial charge on any atom is 0.269 e. The Kier molecular flexibility index (Phi) is 7.72. The normalized spacial score (nSPS) is 10.0. The summed E-state index contributed by atoms with van der Waals surface area (Å²) < 4.78 is 10.5. The third-order valence-corrected chi connectivity index (χ3v) is 3.79. The molecule has 0 aromatic heterocycles. The van der Waals surface area contributed by atoms with Gasteiger partial charge in [0.25, 0.3) is 11.8 Å². The zero-order valence-electron chi connectivity index (χ0n) is 15.1. The van der Waals surface area contributed by atoms with Gasteiger partial charge < -0.3 is 9.47 Å². The lowest BCUT2D eigenvalue weighted by Crippen LogP contribution is -2.48. The molecular weight excluding hydrogens is 366 g/mol. The van der Waals surface area contributed by atoms with Crippen molar-refractivity contribution in [2.24, 2.45) is 0 Å². The van der Waals surface area contributed by atoms with Gasteiger partial charge in [0, 0.05) is 12.7 Å². The molecule has 0 atom stereocenters. The summed E-state index contributed by atoms with van der Waals surface area (Å²) in [6.07, 6.45) is 0. The molecule has 0 aliphatic carbocycles. The zero-order chi connectivity index (χ0) is 19.6. The summed E-state index contributed by atoms with van der Waals surface area (Å²) in [5, 5.41) is 2.47. The first kappa shape index (κ1) is 20.3. The van der Waals surface area contributed by atoms with Crippen molar-refractivity contribution in [3.8, 4) is 5.75 Å². The molecule has 2 aromatic rings. The Balaban J connectivity index is 1.91. The molecule has 8 heteroatoms. The second-order valence-electron chi connectivity index (χ2n) is 5.51. The molecule has 0 radical (unpaired) electrons. The number of hydrogen-bond acceptors (Lipinski definition) is 5. The van der Waals surface area contributed by atoms with Gasteiger partial charge in [0.1, 0.15) is 12.4 Å². The lowest BCUT2D eigenvalue weighted by molar-refractivity contribution is 0.0932. The van der Waals surface area contributed by atoms with Crippen LogP contribution in [0.25, 0.3) is 0 Å². The van der Waals surface area contributed by atoms with E-state index in [2.05, 4.69) is 16.2 Å². The molecule has 0 aliphatic heterocycles. The van der Waals surface area contributed by atoms with Crippen LogP contribution in [0.2, 0.25) is 0 Å². The molecule has 2 amide bonds. The number of amides is 2. The van der Waals surface area contributed by atoms with Crippen LogP contribution < -0.4 is 20.9 Å². The molecule has 0 fully saturated rings. The van der Waals surface area contributed by atoms with Crippen molar-refractivity contribution >= 4 is 29.1 Å². The fourth-order valence-electron chi connectivity index (χ4n) is 2.23. The van der Waals surface area contributed by atoms with E-state index >= 15 is 0 Å². The quantitative estimate of drug-likeness (QED) is 0.399. The fraction of sp³-hybridized carbons (Fsp3) is 0.211. The number of aryl methyl sites for hydroxylation is 1. The maximum absolute atomic E-state index is 12.4. The molecule has 7 nitrogen and oxygen atoms in total. The van der Waals surface area contributed by atoms with Gasteiger partial charge >= 0.3 is 0 Å². The molecule has 0 saturated carbocycles. The summed E-state index contributed by atoms with van der Waals surface area (Å²) in [6.45, 7) is 2.55. The predicted molar refractivity (Wildman–Crippen MR) is 106 cm³/mol. The van der Waals surface area contributed by atoms with E-state index in [1.54, 1.807) is 43.5 Å². The molecule has 0 saturated heterocycles. The van der Waals surface area contributed by atoms with E-state index < -0.39 is 5.91 Å². The van der Waals surface area contributed by atoms with Gasteiger partial charge in [-0.25, -0.2) is 0 Å². The van der Waals surface area contributed by atoms with Crippen LogP contribution >= 0.6 is 12.2 Å². The number of rotatable bonds is 6. The van der Waals surface area contributed by atoms with Gasteiger partial charge in [0.2, 0.25) is 0 Å². The summed E-state index contributed by atoms with van der Waals surface area (Å²) in [6, 6.07) is 13.9. The van der Waals surface area contributed by atoms with E-state index in [1.165, 1.54) is 0 Å². The van der Waals surface area contributed by atoms with Crippen LogP contribution in [0.3, 0.4) is 0 Å². The monoisotopic (exact) mass is 387 g/mol. The predicted octanol–water partition coefficient (Wildman–Crippen LogP) is 1.97. The SMILES string of the molecule is COCCOc1ccccc1C(=O)NC(=S)NNC(=O)c1ccccc1C. The Hall–Kier alpha value is -2.97. The van der Waals surface area contributed by atoms with E-state index in [9.17, 15) is 9.59 Å². The van der Waals surface area contributed by atoms with Crippen LogP contribution in [-0.2, 0) is 4.74 Å². The first-order chi connectivity index (χ1) is 13.0. The van der Waals surface area contributed by atoms with Crippen molar-refractivity contribution in [1.29, 1.82) is 0 Å². The number of para-hydroxylation sites is 1. The molecule has 0 heterocycles. The number of carbonyl (C=O) groups is 2. The average molecular weight is 387 g/mol. The van der Waals surface area contributed by atoms with E-state index in [0.29, 0.717) is 30.1 Å². The molecule has 0 spiro atoms. The summed E-state index contributed by atoms with van der Waals surface area (Å²) >= 11 is 5.06. The van der Waals surface area contributed by atoms with Gasteiger partial charge in [-0.3, -0.25) is 25.8 Å². The highest BCUT2D eigenvalue weighted by molar-refractivity contribution is 7.80. The number of benzene rings is 2. The van der Waals surface area contributed by atoms with E-state index in [4.69, 9.17) is 21.7 Å². The van der Waals surface area contributed by atoms with Gasteiger partial charge in [-0.15, -0.1) is 0 Å². The number of ether oxygens (including phenoxy) is 2. The minimum atomic E-state index is -0.453. The molecule has 2 aromatic carbocycles. The second-order valence-corrected chi connectivity index (χ2v) is 5.92. The summed E-state index contributed by atoms with van der Waals surface area (Å²) in [4.78, 5) is 24.6. The van der Waals surface area contributed by atoms with E-state index in [-0.39, 0.29) is 11.0 Å². The summed E-state index contributed by atoms with van der Waals surface area (Å²) in [5.74, 6) is -0.391. The first-order valence-corrected chi connectivity index (χ1v) is 8.62. The van der Waals surface area contributed by atoms with E-state index in [1.807, 2.05) is 19.1 Å². The molecular formula is C19H21N3O4S. The van der Waals surface area contributed by atoms with Gasteiger partial charge in [0.05, 0.1) is 12.2 Å². The molecule has 0 unspecified atom stereocenters. The third kappa shape index (κ3) is 6.05. The topological polar surface area (TPSA) is 88.7 Å². The number of hydrogen-bond donors (Lipinski definition) is 3. The Morgan fingerprint density at radius 2 is 1.59 bits per heavy atom. The molecule has 142 valence electrons. The fourth-order valence-corrected chi connectivity index (χ4v) is 2.37. The Morgan fingerprint density at radius 3 is 2.30 bits per heavy atom. The van der Waals surface area contributed by atoms with Gasteiger partial charge in [0.15, 0.2) is 5.11 Å². The standard InChI is InChI=1S/C19H21N3O4S/c1-13-7-3-4-8-14(13)18(24)21-22-19(27)20-17(23)15-9-5-6-10-16(15)26-12-11-25-2/h3-10H,11-12H2,1-2H3,(H,21,24)(H2,20,22,23,27). The third-order valence-electron chi connectivity index (χ3n) is 3.58. The lowest BCUT2D eigenvalue weighted by atomic mass is 10.1. The van der Waals surface area contributed by atoms with Crippen molar-refractivity contribution < 1.29 is 19.1 Å². The van der Waals surface area contributed by atoms with Gasteiger partial charge in [-0.05, 0) is 42.9 Å². The lowest BCUT2D eigenvalue weighted by Gasteiger charge is -2.13.